The maximum absolute atomic E-state index is 12.5. The van der Waals surface area contributed by atoms with E-state index in [4.69, 9.17) is 9.47 Å². The van der Waals surface area contributed by atoms with Crippen LogP contribution in [0.4, 0.5) is 0 Å². The number of aryl methyl sites for hydroxylation is 2. The van der Waals surface area contributed by atoms with E-state index in [0.717, 1.165) is 22.6 Å². The van der Waals surface area contributed by atoms with Crippen LogP contribution in [0.15, 0.2) is 42.5 Å². The summed E-state index contributed by atoms with van der Waals surface area (Å²) in [5, 5.41) is 2.98. The Bertz CT molecular complexity index is 725. The zero-order valence-electron chi connectivity index (χ0n) is 16.3. The number of nitrogens with one attached hydrogen (secondary N) is 1. The quantitative estimate of drug-likeness (QED) is 0.766. The third-order valence-corrected chi connectivity index (χ3v) is 4.40. The molecule has 4 heteroatoms. The van der Waals surface area contributed by atoms with Crippen molar-refractivity contribution in [3.8, 4) is 11.5 Å². The molecule has 2 aromatic carbocycles. The van der Waals surface area contributed by atoms with E-state index in [1.807, 2.05) is 77.1 Å². The number of amides is 1. The molecular weight excluding hydrogens is 326 g/mol. The summed E-state index contributed by atoms with van der Waals surface area (Å²) in [6.07, 6.45) is 0.0856. The monoisotopic (exact) mass is 355 g/mol. The molecule has 0 radical (unpaired) electrons. The highest BCUT2D eigenvalue weighted by molar-refractivity contribution is 5.81. The number of rotatable bonds is 8. The van der Waals surface area contributed by atoms with E-state index in [1.54, 1.807) is 0 Å². The molecule has 0 fully saturated rings. The van der Waals surface area contributed by atoms with Gasteiger partial charge in [-0.1, -0.05) is 36.8 Å². The zero-order chi connectivity index (χ0) is 19.1. The molecule has 1 N–H and O–H groups in total. The van der Waals surface area contributed by atoms with Crippen LogP contribution in [0, 0.1) is 20.8 Å². The molecule has 0 aliphatic rings. The first-order valence-electron chi connectivity index (χ1n) is 9.13. The van der Waals surface area contributed by atoms with E-state index < -0.39 is 6.10 Å². The number of hydrogen-bond acceptors (Lipinski definition) is 3. The summed E-state index contributed by atoms with van der Waals surface area (Å²) >= 11 is 0. The molecule has 0 saturated heterocycles. The highest BCUT2D eigenvalue weighted by atomic mass is 16.5. The predicted octanol–water partition coefficient (Wildman–Crippen LogP) is 4.35. The Labute approximate surface area is 156 Å². The Kier molecular flexibility index (Phi) is 7.07. The van der Waals surface area contributed by atoms with Crippen molar-refractivity contribution in [2.75, 3.05) is 6.61 Å². The number of carbonyl (C=O) groups excluding carboxylic acids is 1. The van der Waals surface area contributed by atoms with Gasteiger partial charge in [0.25, 0.3) is 5.91 Å². The number of ether oxygens (including phenoxy) is 2. The molecule has 140 valence electrons. The summed E-state index contributed by atoms with van der Waals surface area (Å²) in [7, 11) is 0. The average Bonchev–Trinajstić information content (AvgIpc) is 2.62. The standard InChI is InChI=1S/C22H29NO3/c1-6-20(26-21-9-7-8-16(3)18(21)5)22(24)23-17(4)14-25-19-12-10-15(2)11-13-19/h7-13,17,20H,6,14H2,1-5H3,(H,23,24)/t17-,20+/m0/s1. The molecule has 0 aliphatic heterocycles. The second-order valence-corrected chi connectivity index (χ2v) is 6.75. The lowest BCUT2D eigenvalue weighted by Gasteiger charge is -2.22. The maximum atomic E-state index is 12.5. The topological polar surface area (TPSA) is 47.6 Å². The Balaban J connectivity index is 1.89. The van der Waals surface area contributed by atoms with Crippen LogP contribution in [0.25, 0.3) is 0 Å². The van der Waals surface area contributed by atoms with Crippen LogP contribution >= 0.6 is 0 Å². The Morgan fingerprint density at radius 1 is 1.08 bits per heavy atom. The average molecular weight is 355 g/mol. The fourth-order valence-electron chi connectivity index (χ4n) is 2.56. The van der Waals surface area contributed by atoms with E-state index >= 15 is 0 Å². The first-order chi connectivity index (χ1) is 12.4. The van der Waals surface area contributed by atoms with Gasteiger partial charge < -0.3 is 14.8 Å². The van der Waals surface area contributed by atoms with Crippen LogP contribution in [-0.2, 0) is 4.79 Å². The van der Waals surface area contributed by atoms with Gasteiger partial charge in [-0.3, -0.25) is 4.79 Å². The maximum Gasteiger partial charge on any atom is 0.261 e. The van der Waals surface area contributed by atoms with E-state index in [-0.39, 0.29) is 11.9 Å². The van der Waals surface area contributed by atoms with Crippen LogP contribution in [0.1, 0.15) is 37.0 Å². The van der Waals surface area contributed by atoms with Gasteiger partial charge in [-0.15, -0.1) is 0 Å². The van der Waals surface area contributed by atoms with E-state index in [9.17, 15) is 4.79 Å². The second-order valence-electron chi connectivity index (χ2n) is 6.75. The van der Waals surface area contributed by atoms with Gasteiger partial charge in [0, 0.05) is 0 Å². The van der Waals surface area contributed by atoms with E-state index in [2.05, 4.69) is 5.32 Å². The van der Waals surface area contributed by atoms with Gasteiger partial charge in [-0.25, -0.2) is 0 Å². The highest BCUT2D eigenvalue weighted by Gasteiger charge is 2.21. The summed E-state index contributed by atoms with van der Waals surface area (Å²) in [5.74, 6) is 1.44. The van der Waals surface area contributed by atoms with Gasteiger partial charge in [0.05, 0.1) is 6.04 Å². The molecule has 1 amide bonds. The van der Waals surface area contributed by atoms with Crippen molar-refractivity contribution in [3.63, 3.8) is 0 Å². The Morgan fingerprint density at radius 2 is 1.77 bits per heavy atom. The van der Waals surface area contributed by atoms with Gasteiger partial charge >= 0.3 is 0 Å². The van der Waals surface area contributed by atoms with Crippen molar-refractivity contribution in [2.24, 2.45) is 0 Å². The summed E-state index contributed by atoms with van der Waals surface area (Å²) in [4.78, 5) is 12.5. The molecule has 2 aromatic rings. The fourth-order valence-corrected chi connectivity index (χ4v) is 2.56. The molecule has 0 bridgehead atoms. The molecule has 0 saturated carbocycles. The van der Waals surface area contributed by atoms with Crippen LogP contribution in [-0.4, -0.2) is 24.7 Å². The van der Waals surface area contributed by atoms with Crippen molar-refractivity contribution in [1.29, 1.82) is 0 Å². The van der Waals surface area contributed by atoms with Gasteiger partial charge in [-0.2, -0.15) is 0 Å². The SMILES string of the molecule is CC[C@@H](Oc1cccc(C)c1C)C(=O)N[C@@H](C)COc1ccc(C)cc1. The number of hydrogen-bond donors (Lipinski definition) is 1. The van der Waals surface area contributed by atoms with Crippen molar-refractivity contribution in [3.05, 3.63) is 59.2 Å². The lowest BCUT2D eigenvalue weighted by molar-refractivity contribution is -0.129. The second kappa shape index (κ2) is 9.27. The van der Waals surface area contributed by atoms with Crippen molar-refractivity contribution < 1.29 is 14.3 Å². The molecular formula is C22H29NO3. The molecule has 0 unspecified atom stereocenters. The summed E-state index contributed by atoms with van der Waals surface area (Å²) in [6, 6.07) is 13.6. The number of carbonyl (C=O) groups is 1. The largest absolute Gasteiger partial charge is 0.491 e. The van der Waals surface area contributed by atoms with Gasteiger partial charge in [0.2, 0.25) is 0 Å². The van der Waals surface area contributed by atoms with Crippen LogP contribution in [0.5, 0.6) is 11.5 Å². The molecule has 0 spiro atoms. The van der Waals surface area contributed by atoms with E-state index in [0.29, 0.717) is 13.0 Å². The third kappa shape index (κ3) is 5.51. The Hall–Kier alpha value is -2.49. The molecule has 0 aromatic heterocycles. The third-order valence-electron chi connectivity index (χ3n) is 4.40. The minimum Gasteiger partial charge on any atom is -0.491 e. The zero-order valence-corrected chi connectivity index (χ0v) is 16.3. The van der Waals surface area contributed by atoms with Crippen LogP contribution < -0.4 is 14.8 Å². The van der Waals surface area contributed by atoms with Crippen LogP contribution in [0.2, 0.25) is 0 Å². The summed E-state index contributed by atoms with van der Waals surface area (Å²) < 4.78 is 11.7. The number of benzene rings is 2. The highest BCUT2D eigenvalue weighted by Crippen LogP contribution is 2.22. The normalized spacial score (nSPS) is 13.0. The summed E-state index contributed by atoms with van der Waals surface area (Å²) in [6.45, 7) is 10.4. The molecule has 26 heavy (non-hydrogen) atoms. The Morgan fingerprint density at radius 3 is 2.42 bits per heavy atom. The van der Waals surface area contributed by atoms with E-state index in [1.165, 1.54) is 5.56 Å². The van der Waals surface area contributed by atoms with Crippen molar-refractivity contribution >= 4 is 5.91 Å². The lowest BCUT2D eigenvalue weighted by atomic mass is 10.1. The van der Waals surface area contributed by atoms with Crippen molar-refractivity contribution in [1.82, 2.24) is 5.32 Å². The van der Waals surface area contributed by atoms with Crippen LogP contribution in [0.3, 0.4) is 0 Å². The van der Waals surface area contributed by atoms with Gasteiger partial charge in [0.1, 0.15) is 18.1 Å². The fraction of sp³-hybridized carbons (Fsp3) is 0.409. The molecule has 4 nitrogen and oxygen atoms in total. The lowest BCUT2D eigenvalue weighted by Crippen LogP contribution is -2.44. The van der Waals surface area contributed by atoms with Gasteiger partial charge in [0.15, 0.2) is 6.10 Å². The first kappa shape index (κ1) is 19.8. The minimum atomic E-state index is -0.516. The first-order valence-corrected chi connectivity index (χ1v) is 9.13. The molecule has 2 atom stereocenters. The molecule has 0 heterocycles. The smallest absolute Gasteiger partial charge is 0.261 e. The van der Waals surface area contributed by atoms with Gasteiger partial charge in [-0.05, 0) is 63.4 Å². The minimum absolute atomic E-state index is 0.111. The molecule has 0 aliphatic carbocycles. The molecule has 2 rings (SSSR count). The predicted molar refractivity (Wildman–Crippen MR) is 105 cm³/mol. The van der Waals surface area contributed by atoms with Crippen molar-refractivity contribution in [2.45, 2.75) is 53.2 Å². The summed E-state index contributed by atoms with van der Waals surface area (Å²) in [5.41, 5.74) is 3.40.